The average molecular weight is 305 g/mol. The molecule has 1 aliphatic rings. The summed E-state index contributed by atoms with van der Waals surface area (Å²) in [5, 5.41) is 8.54. The van der Waals surface area contributed by atoms with E-state index in [4.69, 9.17) is 9.99 Å². The minimum Gasteiger partial charge on any atom is -0.347 e. The molecule has 3 atom stereocenters. The van der Waals surface area contributed by atoms with Crippen molar-refractivity contribution in [3.8, 4) is 0 Å². The number of carbonyl (C=O) groups excluding carboxylic acids is 1. The minimum absolute atomic E-state index is 0.280. The van der Waals surface area contributed by atoms with Crippen LogP contribution in [0.4, 0.5) is 13.2 Å². The van der Waals surface area contributed by atoms with Crippen molar-refractivity contribution in [2.45, 2.75) is 31.5 Å². The number of alkyl halides is 3. The molecule has 116 valence electrons. The lowest BCUT2D eigenvalue weighted by atomic mass is 10.1. The zero-order valence-electron chi connectivity index (χ0n) is 11.1. The molecule has 1 aromatic carbocycles. The fourth-order valence-corrected chi connectivity index (χ4v) is 2.21. The molecule has 1 fully saturated rings. The Hall–Kier alpha value is -1.64. The van der Waals surface area contributed by atoms with Crippen LogP contribution >= 0.6 is 0 Å². The number of hydrogen-bond acceptors (Lipinski definition) is 4. The molecule has 0 aliphatic carbocycles. The van der Waals surface area contributed by atoms with Crippen molar-refractivity contribution in [3.63, 3.8) is 0 Å². The maximum atomic E-state index is 13.0. The lowest BCUT2D eigenvalue weighted by Crippen LogP contribution is -2.49. The standard InChI is InChI=1S/C13H14F3NO4/c1-8(21-19)11(18)17-10(9-5-3-2-4-6-9)7-20-12(17)13(14,15)16/h2-6,8,10,12,19H,7H2,1H3/t8-,10+,12+/m1/s1. The molecular formula is C13H14F3NO4. The third-order valence-corrected chi connectivity index (χ3v) is 3.23. The van der Waals surface area contributed by atoms with Crippen molar-refractivity contribution in [1.82, 2.24) is 4.90 Å². The molecule has 0 bridgehead atoms. The smallest absolute Gasteiger partial charge is 0.347 e. The first-order valence-corrected chi connectivity index (χ1v) is 6.22. The van der Waals surface area contributed by atoms with Crippen LogP contribution in [0.1, 0.15) is 18.5 Å². The molecule has 2 rings (SSSR count). The number of amides is 1. The fourth-order valence-electron chi connectivity index (χ4n) is 2.21. The summed E-state index contributed by atoms with van der Waals surface area (Å²) in [7, 11) is 0. The minimum atomic E-state index is -4.73. The first-order valence-electron chi connectivity index (χ1n) is 6.22. The highest BCUT2D eigenvalue weighted by Gasteiger charge is 2.54. The van der Waals surface area contributed by atoms with Gasteiger partial charge in [0.1, 0.15) is 0 Å². The molecule has 1 N–H and O–H groups in total. The van der Waals surface area contributed by atoms with Gasteiger partial charge in [-0.1, -0.05) is 30.3 Å². The third kappa shape index (κ3) is 3.17. The lowest BCUT2D eigenvalue weighted by Gasteiger charge is -2.30. The number of ether oxygens (including phenoxy) is 1. The molecule has 8 heteroatoms. The van der Waals surface area contributed by atoms with E-state index in [0.717, 1.165) is 6.92 Å². The van der Waals surface area contributed by atoms with Gasteiger partial charge in [0.05, 0.1) is 12.6 Å². The van der Waals surface area contributed by atoms with Crippen molar-refractivity contribution in [2.24, 2.45) is 0 Å². The van der Waals surface area contributed by atoms with Gasteiger partial charge < -0.3 is 4.74 Å². The van der Waals surface area contributed by atoms with Crippen LogP contribution in [0.15, 0.2) is 30.3 Å². The van der Waals surface area contributed by atoms with Crippen LogP contribution in [0.3, 0.4) is 0 Å². The van der Waals surface area contributed by atoms with E-state index in [2.05, 4.69) is 4.89 Å². The number of rotatable bonds is 3. The number of carbonyl (C=O) groups is 1. The molecule has 5 nitrogen and oxygen atoms in total. The molecule has 0 aromatic heterocycles. The summed E-state index contributed by atoms with van der Waals surface area (Å²) >= 11 is 0. The monoisotopic (exact) mass is 305 g/mol. The molecule has 0 radical (unpaired) electrons. The molecule has 1 amide bonds. The molecule has 1 aromatic rings. The van der Waals surface area contributed by atoms with E-state index in [-0.39, 0.29) is 6.61 Å². The first-order chi connectivity index (χ1) is 9.86. The van der Waals surface area contributed by atoms with Gasteiger partial charge in [0.15, 0.2) is 6.10 Å². The van der Waals surface area contributed by atoms with Crippen molar-refractivity contribution in [3.05, 3.63) is 35.9 Å². The molecule has 0 spiro atoms. The molecule has 0 saturated carbocycles. The molecular weight excluding hydrogens is 291 g/mol. The van der Waals surface area contributed by atoms with E-state index >= 15 is 0 Å². The predicted molar refractivity (Wildman–Crippen MR) is 65.0 cm³/mol. The van der Waals surface area contributed by atoms with Gasteiger partial charge in [-0.25, -0.2) is 4.89 Å². The predicted octanol–water partition coefficient (Wildman–Crippen LogP) is 2.35. The Kier molecular flexibility index (Phi) is 4.50. The molecule has 0 unspecified atom stereocenters. The number of hydrogen-bond donors (Lipinski definition) is 1. The maximum Gasteiger partial charge on any atom is 0.433 e. The summed E-state index contributed by atoms with van der Waals surface area (Å²) in [4.78, 5) is 16.5. The summed E-state index contributed by atoms with van der Waals surface area (Å²) in [5.74, 6) is -0.994. The summed E-state index contributed by atoms with van der Waals surface area (Å²) in [6.45, 7) is 0.883. The zero-order valence-corrected chi connectivity index (χ0v) is 11.1. The molecule has 21 heavy (non-hydrogen) atoms. The van der Waals surface area contributed by atoms with E-state index in [9.17, 15) is 18.0 Å². The Morgan fingerprint density at radius 3 is 2.57 bits per heavy atom. The second-order valence-corrected chi connectivity index (χ2v) is 4.65. The van der Waals surface area contributed by atoms with Gasteiger partial charge >= 0.3 is 6.18 Å². The van der Waals surface area contributed by atoms with E-state index in [0.29, 0.717) is 10.5 Å². The second-order valence-electron chi connectivity index (χ2n) is 4.65. The lowest BCUT2D eigenvalue weighted by molar-refractivity contribution is -0.278. The summed E-state index contributed by atoms with van der Waals surface area (Å²) in [6, 6.07) is 7.36. The van der Waals surface area contributed by atoms with Gasteiger partial charge in [0.2, 0.25) is 6.23 Å². The SMILES string of the molecule is C[C@@H](OO)C(=O)N1[C@H](C(F)(F)F)OC[C@H]1c1ccccc1. The van der Waals surface area contributed by atoms with Gasteiger partial charge in [0.25, 0.3) is 5.91 Å². The van der Waals surface area contributed by atoms with E-state index in [1.54, 1.807) is 30.3 Å². The maximum absolute atomic E-state index is 13.0. The van der Waals surface area contributed by atoms with Crippen LogP contribution in [-0.2, 0) is 14.4 Å². The van der Waals surface area contributed by atoms with Crippen LogP contribution in [-0.4, -0.2) is 41.2 Å². The number of benzene rings is 1. The normalized spacial score (nSPS) is 24.1. The van der Waals surface area contributed by atoms with Crippen molar-refractivity contribution < 1.29 is 32.8 Å². The van der Waals surface area contributed by atoms with Crippen LogP contribution in [0.2, 0.25) is 0 Å². The van der Waals surface area contributed by atoms with Crippen LogP contribution in [0.25, 0.3) is 0 Å². The van der Waals surface area contributed by atoms with E-state index in [1.165, 1.54) is 0 Å². The summed E-state index contributed by atoms with van der Waals surface area (Å²) < 4.78 is 43.8. The van der Waals surface area contributed by atoms with Gasteiger partial charge in [-0.05, 0) is 12.5 Å². The second kappa shape index (κ2) is 6.00. The van der Waals surface area contributed by atoms with E-state index < -0.39 is 30.5 Å². The van der Waals surface area contributed by atoms with Crippen molar-refractivity contribution in [2.75, 3.05) is 6.61 Å². The Morgan fingerprint density at radius 1 is 1.43 bits per heavy atom. The molecule has 1 heterocycles. The highest BCUT2D eigenvalue weighted by atomic mass is 19.4. The van der Waals surface area contributed by atoms with Crippen LogP contribution in [0, 0.1) is 0 Å². The van der Waals surface area contributed by atoms with Gasteiger partial charge in [0, 0.05) is 0 Å². The summed E-state index contributed by atoms with van der Waals surface area (Å²) in [5.41, 5.74) is 0.516. The third-order valence-electron chi connectivity index (χ3n) is 3.23. The van der Waals surface area contributed by atoms with E-state index in [1.807, 2.05) is 0 Å². The number of nitrogens with zero attached hydrogens (tertiary/aromatic N) is 1. The molecule has 1 aliphatic heterocycles. The number of halogens is 3. The van der Waals surface area contributed by atoms with Crippen LogP contribution < -0.4 is 0 Å². The Labute approximate surface area is 118 Å². The Bertz CT molecular complexity index is 494. The first kappa shape index (κ1) is 15.7. The zero-order chi connectivity index (χ0) is 15.6. The van der Waals surface area contributed by atoms with Gasteiger partial charge in [-0.15, -0.1) is 0 Å². The Balaban J connectivity index is 2.35. The highest BCUT2D eigenvalue weighted by Crippen LogP contribution is 2.38. The van der Waals surface area contributed by atoms with Gasteiger partial charge in [-0.2, -0.15) is 13.2 Å². The summed E-state index contributed by atoms with van der Waals surface area (Å²) in [6.07, 6.45) is -8.50. The highest BCUT2D eigenvalue weighted by molar-refractivity contribution is 5.81. The van der Waals surface area contributed by atoms with Gasteiger partial charge in [-0.3, -0.25) is 15.0 Å². The largest absolute Gasteiger partial charge is 0.433 e. The quantitative estimate of drug-likeness (QED) is 0.688. The van der Waals surface area contributed by atoms with Crippen molar-refractivity contribution in [1.29, 1.82) is 0 Å². The van der Waals surface area contributed by atoms with Crippen molar-refractivity contribution >= 4 is 5.91 Å². The topological polar surface area (TPSA) is 59.0 Å². The van der Waals surface area contributed by atoms with Crippen LogP contribution in [0.5, 0.6) is 0 Å². The fraction of sp³-hybridized carbons (Fsp3) is 0.462. The average Bonchev–Trinajstić information content (AvgIpc) is 2.91. The Morgan fingerprint density at radius 2 is 2.05 bits per heavy atom. The molecule has 1 saturated heterocycles.